The molecule has 5 aromatic carbocycles. The highest BCUT2D eigenvalue weighted by Gasteiger charge is 2.15. The second kappa shape index (κ2) is 8.03. The Morgan fingerprint density at radius 2 is 1.36 bits per heavy atom. The zero-order valence-electron chi connectivity index (χ0n) is 18.2. The lowest BCUT2D eigenvalue weighted by molar-refractivity contribution is 0.112. The van der Waals surface area contributed by atoms with Crippen molar-refractivity contribution in [3.05, 3.63) is 119 Å². The van der Waals surface area contributed by atoms with Gasteiger partial charge in [0.25, 0.3) is 0 Å². The van der Waals surface area contributed by atoms with Gasteiger partial charge in [-0.15, -0.1) is 0 Å². The molecule has 0 fully saturated rings. The largest absolute Gasteiger partial charge is 0.298 e. The summed E-state index contributed by atoms with van der Waals surface area (Å²) in [4.78, 5) is 11.5. The van der Waals surface area contributed by atoms with Crippen molar-refractivity contribution in [2.75, 3.05) is 0 Å². The molecular weight excluding hydrogens is 400 g/mol. The summed E-state index contributed by atoms with van der Waals surface area (Å²) in [5, 5.41) is 7.36. The van der Waals surface area contributed by atoms with Crippen molar-refractivity contribution in [2.45, 2.75) is 6.42 Å². The van der Waals surface area contributed by atoms with Gasteiger partial charge in [-0.3, -0.25) is 4.79 Å². The summed E-state index contributed by atoms with van der Waals surface area (Å²) in [6.45, 7) is 0. The molecule has 1 nitrogen and oxygen atoms in total. The predicted octanol–water partition coefficient (Wildman–Crippen LogP) is 6.66. The normalized spacial score (nSPS) is 12.6. The Kier molecular flexibility index (Phi) is 4.74. The average molecular weight is 423 g/mol. The van der Waals surface area contributed by atoms with Gasteiger partial charge in [-0.2, -0.15) is 0 Å². The predicted molar refractivity (Wildman–Crippen MR) is 140 cm³/mol. The summed E-state index contributed by atoms with van der Waals surface area (Å²) < 4.78 is 0. The molecule has 156 valence electrons. The number of aldehydes is 1. The summed E-state index contributed by atoms with van der Waals surface area (Å²) in [5.41, 5.74) is 5.42. The van der Waals surface area contributed by atoms with Gasteiger partial charge in [0.1, 0.15) is 6.29 Å². The first-order chi connectivity index (χ1) is 16.3. The maximum atomic E-state index is 11.5. The van der Waals surface area contributed by atoms with E-state index in [1.807, 2.05) is 18.2 Å². The minimum absolute atomic E-state index is 0.692. The minimum Gasteiger partial charge on any atom is -0.298 e. The summed E-state index contributed by atoms with van der Waals surface area (Å²) in [5.74, 6) is 0. The van der Waals surface area contributed by atoms with Crippen molar-refractivity contribution in [3.63, 3.8) is 0 Å². The molecule has 1 heteroatoms. The molecule has 5 aromatic rings. The molecule has 1 aliphatic rings. The SMILES string of the molecule is O=Cc1cccc(-c2c3c(c(-c4ccc5ccccc5c4)c4ccccc24)=CCC=CC=3)c1. The summed E-state index contributed by atoms with van der Waals surface area (Å²) in [6.07, 6.45) is 10.7. The molecule has 0 saturated heterocycles. The molecular formula is C32H22O. The fourth-order valence-corrected chi connectivity index (χ4v) is 5.03. The maximum absolute atomic E-state index is 11.5. The second-order valence-electron chi connectivity index (χ2n) is 8.46. The van der Waals surface area contributed by atoms with E-state index in [9.17, 15) is 4.79 Å². The van der Waals surface area contributed by atoms with E-state index in [2.05, 4.69) is 97.1 Å². The molecule has 1 aliphatic carbocycles. The van der Waals surface area contributed by atoms with Crippen LogP contribution in [0.3, 0.4) is 0 Å². The number of allylic oxidation sites excluding steroid dienone is 2. The summed E-state index contributed by atoms with van der Waals surface area (Å²) in [6, 6.07) is 31.8. The van der Waals surface area contributed by atoms with Gasteiger partial charge in [-0.05, 0) is 72.8 Å². The number of carbonyl (C=O) groups excluding carboxylic acids is 1. The standard InChI is InChI=1S/C32H22O/c33-21-22-9-8-12-25(19-22)31-27-13-2-1-3-14-28(27)32(30-16-7-6-15-29(30)31)26-18-17-23-10-4-5-11-24(23)20-26/h1-2,4-21H,3H2. The average Bonchev–Trinajstić information content (AvgIpc) is 3.12. The first kappa shape index (κ1) is 19.5. The number of hydrogen-bond donors (Lipinski definition) is 0. The van der Waals surface area contributed by atoms with Crippen LogP contribution in [0.25, 0.3) is 56.0 Å². The minimum atomic E-state index is 0.692. The van der Waals surface area contributed by atoms with E-state index in [1.54, 1.807) is 0 Å². The number of rotatable bonds is 3. The van der Waals surface area contributed by atoms with Crippen molar-refractivity contribution in [1.82, 2.24) is 0 Å². The summed E-state index contributed by atoms with van der Waals surface area (Å²) >= 11 is 0. The van der Waals surface area contributed by atoms with Crippen LogP contribution in [-0.2, 0) is 0 Å². The van der Waals surface area contributed by atoms with Crippen LogP contribution in [0.4, 0.5) is 0 Å². The lowest BCUT2D eigenvalue weighted by Crippen LogP contribution is -2.29. The Bertz CT molecular complexity index is 1700. The first-order valence-electron chi connectivity index (χ1n) is 11.3. The molecule has 6 rings (SSSR count). The zero-order chi connectivity index (χ0) is 22.2. The molecule has 0 aromatic heterocycles. The van der Waals surface area contributed by atoms with E-state index in [4.69, 9.17) is 0 Å². The highest BCUT2D eigenvalue weighted by molar-refractivity contribution is 6.07. The zero-order valence-corrected chi connectivity index (χ0v) is 18.2. The fourth-order valence-electron chi connectivity index (χ4n) is 5.03. The van der Waals surface area contributed by atoms with Crippen molar-refractivity contribution >= 4 is 40.0 Å². The van der Waals surface area contributed by atoms with E-state index >= 15 is 0 Å². The van der Waals surface area contributed by atoms with Crippen LogP contribution in [0.1, 0.15) is 16.8 Å². The number of fused-ring (bicyclic) bond motifs is 3. The van der Waals surface area contributed by atoms with Crippen LogP contribution >= 0.6 is 0 Å². The molecule has 0 N–H and O–H groups in total. The molecule has 0 bridgehead atoms. The number of benzene rings is 5. The van der Waals surface area contributed by atoms with E-state index < -0.39 is 0 Å². The lowest BCUT2D eigenvalue weighted by Gasteiger charge is -2.16. The van der Waals surface area contributed by atoms with Gasteiger partial charge in [-0.1, -0.05) is 103 Å². The van der Waals surface area contributed by atoms with Crippen molar-refractivity contribution in [2.24, 2.45) is 0 Å². The molecule has 33 heavy (non-hydrogen) atoms. The van der Waals surface area contributed by atoms with E-state index in [0.717, 1.165) is 18.3 Å². The van der Waals surface area contributed by atoms with E-state index in [1.165, 1.54) is 48.7 Å². The summed E-state index contributed by atoms with van der Waals surface area (Å²) in [7, 11) is 0. The molecule has 0 saturated carbocycles. The van der Waals surface area contributed by atoms with Gasteiger partial charge < -0.3 is 0 Å². The van der Waals surface area contributed by atoms with Gasteiger partial charge >= 0.3 is 0 Å². The van der Waals surface area contributed by atoms with Crippen molar-refractivity contribution in [1.29, 1.82) is 0 Å². The van der Waals surface area contributed by atoms with Gasteiger partial charge in [0.2, 0.25) is 0 Å². The fraction of sp³-hybridized carbons (Fsp3) is 0.0312. The quantitative estimate of drug-likeness (QED) is 0.297. The monoisotopic (exact) mass is 422 g/mol. The molecule has 0 spiro atoms. The second-order valence-corrected chi connectivity index (χ2v) is 8.46. The molecule has 0 aliphatic heterocycles. The molecule has 0 amide bonds. The van der Waals surface area contributed by atoms with Crippen LogP contribution in [-0.4, -0.2) is 6.29 Å². The smallest absolute Gasteiger partial charge is 0.150 e. The highest BCUT2D eigenvalue weighted by atomic mass is 16.1. The Morgan fingerprint density at radius 3 is 2.18 bits per heavy atom. The van der Waals surface area contributed by atoms with Gasteiger partial charge in [0.05, 0.1) is 0 Å². The van der Waals surface area contributed by atoms with Gasteiger partial charge in [-0.25, -0.2) is 0 Å². The molecule has 0 heterocycles. The third kappa shape index (κ3) is 3.30. The topological polar surface area (TPSA) is 17.1 Å². The third-order valence-corrected chi connectivity index (χ3v) is 6.50. The van der Waals surface area contributed by atoms with Crippen LogP contribution < -0.4 is 10.4 Å². The molecule has 0 atom stereocenters. The highest BCUT2D eigenvalue weighted by Crippen LogP contribution is 2.33. The third-order valence-electron chi connectivity index (χ3n) is 6.50. The Balaban J connectivity index is 1.79. The Labute approximate surface area is 192 Å². The maximum Gasteiger partial charge on any atom is 0.150 e. The number of hydrogen-bond acceptors (Lipinski definition) is 1. The molecule has 0 radical (unpaired) electrons. The van der Waals surface area contributed by atoms with Crippen molar-refractivity contribution < 1.29 is 4.79 Å². The van der Waals surface area contributed by atoms with Crippen LogP contribution in [0.2, 0.25) is 0 Å². The first-order valence-corrected chi connectivity index (χ1v) is 11.3. The van der Waals surface area contributed by atoms with Crippen LogP contribution in [0, 0.1) is 0 Å². The molecule has 0 unspecified atom stereocenters. The Hall–Kier alpha value is -4.23. The van der Waals surface area contributed by atoms with Crippen LogP contribution in [0.15, 0.2) is 103 Å². The number of carbonyl (C=O) groups is 1. The van der Waals surface area contributed by atoms with Gasteiger partial charge in [0, 0.05) is 5.56 Å². The van der Waals surface area contributed by atoms with Crippen LogP contribution in [0.5, 0.6) is 0 Å². The van der Waals surface area contributed by atoms with Crippen molar-refractivity contribution in [3.8, 4) is 22.3 Å². The van der Waals surface area contributed by atoms with E-state index in [-0.39, 0.29) is 0 Å². The Morgan fingerprint density at radius 1 is 0.636 bits per heavy atom. The van der Waals surface area contributed by atoms with E-state index in [0.29, 0.717) is 5.56 Å². The lowest BCUT2D eigenvalue weighted by atomic mass is 9.87. The van der Waals surface area contributed by atoms with Gasteiger partial charge in [0.15, 0.2) is 0 Å².